The van der Waals surface area contributed by atoms with Gasteiger partial charge in [0.1, 0.15) is 5.75 Å². The first-order valence-electron chi connectivity index (χ1n) is 7.40. The fourth-order valence-corrected chi connectivity index (χ4v) is 2.77. The Morgan fingerprint density at radius 1 is 1.26 bits per heavy atom. The second-order valence-corrected chi connectivity index (χ2v) is 6.02. The largest absolute Gasteiger partial charge is 0.497 e. The standard InChI is InChI=1S/C17H23N3OS.HI/c1-4-18-17(20-12-16-6-5-7-22-16)19-11-14-8-13(2)9-15(10-14)21-3;/h5-10H,4,11-12H2,1-3H3,(H2,18,19,20);1H. The van der Waals surface area contributed by atoms with Crippen LogP contribution in [0.1, 0.15) is 22.9 Å². The summed E-state index contributed by atoms with van der Waals surface area (Å²) in [6.45, 7) is 6.39. The maximum atomic E-state index is 5.31. The lowest BCUT2D eigenvalue weighted by molar-refractivity contribution is 0.414. The number of rotatable bonds is 6. The Morgan fingerprint density at radius 2 is 2.09 bits per heavy atom. The topological polar surface area (TPSA) is 45.7 Å². The zero-order valence-electron chi connectivity index (χ0n) is 13.8. The number of hydrogen-bond acceptors (Lipinski definition) is 3. The number of thiophene rings is 1. The molecular formula is C17H24IN3OS. The third-order valence-corrected chi connectivity index (χ3v) is 4.00. The van der Waals surface area contributed by atoms with Gasteiger partial charge in [0.2, 0.25) is 0 Å². The van der Waals surface area contributed by atoms with Crippen molar-refractivity contribution in [2.75, 3.05) is 13.7 Å². The fourth-order valence-electron chi connectivity index (χ4n) is 2.13. The van der Waals surface area contributed by atoms with E-state index in [0.29, 0.717) is 6.54 Å². The van der Waals surface area contributed by atoms with Crippen LogP contribution in [-0.4, -0.2) is 19.6 Å². The molecule has 23 heavy (non-hydrogen) atoms. The van der Waals surface area contributed by atoms with E-state index < -0.39 is 0 Å². The monoisotopic (exact) mass is 445 g/mol. The number of hydrogen-bond donors (Lipinski definition) is 2. The summed E-state index contributed by atoms with van der Waals surface area (Å²) in [6.07, 6.45) is 0. The zero-order valence-corrected chi connectivity index (χ0v) is 16.9. The van der Waals surface area contributed by atoms with Crippen LogP contribution >= 0.6 is 35.3 Å². The van der Waals surface area contributed by atoms with Crippen molar-refractivity contribution in [3.63, 3.8) is 0 Å². The lowest BCUT2D eigenvalue weighted by Gasteiger charge is -2.11. The Hall–Kier alpha value is -1.28. The normalized spacial score (nSPS) is 10.8. The maximum Gasteiger partial charge on any atom is 0.191 e. The van der Waals surface area contributed by atoms with Gasteiger partial charge in [0.25, 0.3) is 0 Å². The van der Waals surface area contributed by atoms with Crippen LogP contribution in [0.4, 0.5) is 0 Å². The van der Waals surface area contributed by atoms with Crippen molar-refractivity contribution < 1.29 is 4.74 Å². The minimum atomic E-state index is 0. The molecule has 0 aliphatic heterocycles. The lowest BCUT2D eigenvalue weighted by Crippen LogP contribution is -2.36. The van der Waals surface area contributed by atoms with Gasteiger partial charge in [0, 0.05) is 11.4 Å². The highest BCUT2D eigenvalue weighted by atomic mass is 127. The average Bonchev–Trinajstić information content (AvgIpc) is 3.03. The van der Waals surface area contributed by atoms with Crippen LogP contribution in [0.15, 0.2) is 40.7 Å². The van der Waals surface area contributed by atoms with Gasteiger partial charge in [-0.1, -0.05) is 12.1 Å². The molecule has 1 aromatic carbocycles. The Kier molecular flexibility index (Phi) is 9.01. The number of nitrogens with one attached hydrogen (secondary N) is 2. The first kappa shape index (κ1) is 19.8. The van der Waals surface area contributed by atoms with E-state index in [1.54, 1.807) is 18.4 Å². The number of guanidine groups is 1. The molecule has 1 heterocycles. The van der Waals surface area contributed by atoms with Gasteiger partial charge in [-0.3, -0.25) is 0 Å². The molecule has 0 aliphatic rings. The Bertz CT molecular complexity index is 614. The number of halogens is 1. The molecule has 0 radical (unpaired) electrons. The van der Waals surface area contributed by atoms with E-state index in [9.17, 15) is 0 Å². The molecule has 6 heteroatoms. The zero-order chi connectivity index (χ0) is 15.8. The third kappa shape index (κ3) is 6.78. The van der Waals surface area contributed by atoms with Crippen LogP contribution in [0.3, 0.4) is 0 Å². The molecule has 1 aromatic heterocycles. The molecule has 0 saturated heterocycles. The van der Waals surface area contributed by atoms with Crippen molar-refractivity contribution in [3.8, 4) is 5.75 Å². The third-order valence-electron chi connectivity index (χ3n) is 3.12. The van der Waals surface area contributed by atoms with E-state index >= 15 is 0 Å². The molecule has 126 valence electrons. The van der Waals surface area contributed by atoms with Gasteiger partial charge in [-0.15, -0.1) is 35.3 Å². The van der Waals surface area contributed by atoms with E-state index in [1.165, 1.54) is 10.4 Å². The quantitative estimate of drug-likeness (QED) is 0.402. The highest BCUT2D eigenvalue weighted by Gasteiger charge is 2.01. The summed E-state index contributed by atoms with van der Waals surface area (Å²) >= 11 is 1.74. The first-order chi connectivity index (χ1) is 10.7. The second kappa shape index (κ2) is 10.5. The molecule has 0 amide bonds. The molecule has 0 aliphatic carbocycles. The van der Waals surface area contributed by atoms with Gasteiger partial charge in [0.15, 0.2) is 5.96 Å². The van der Waals surface area contributed by atoms with E-state index in [1.807, 2.05) is 12.1 Å². The van der Waals surface area contributed by atoms with Crippen molar-refractivity contribution in [2.24, 2.45) is 4.99 Å². The maximum absolute atomic E-state index is 5.31. The number of aliphatic imine (C=N–C) groups is 1. The molecule has 0 saturated carbocycles. The summed E-state index contributed by atoms with van der Waals surface area (Å²) in [5.41, 5.74) is 2.33. The van der Waals surface area contributed by atoms with Crippen molar-refractivity contribution >= 4 is 41.3 Å². The van der Waals surface area contributed by atoms with Gasteiger partial charge >= 0.3 is 0 Å². The molecule has 4 nitrogen and oxygen atoms in total. The molecule has 0 atom stereocenters. The molecule has 2 aromatic rings. The smallest absolute Gasteiger partial charge is 0.191 e. The number of benzene rings is 1. The van der Waals surface area contributed by atoms with Crippen LogP contribution in [0.2, 0.25) is 0 Å². The highest BCUT2D eigenvalue weighted by molar-refractivity contribution is 14.0. The summed E-state index contributed by atoms with van der Waals surface area (Å²) in [5, 5.41) is 8.71. The molecule has 0 bridgehead atoms. The summed E-state index contributed by atoms with van der Waals surface area (Å²) in [7, 11) is 1.69. The summed E-state index contributed by atoms with van der Waals surface area (Å²) in [4.78, 5) is 5.94. The van der Waals surface area contributed by atoms with E-state index in [4.69, 9.17) is 4.74 Å². The van der Waals surface area contributed by atoms with Gasteiger partial charge in [-0.2, -0.15) is 0 Å². The molecule has 0 unspecified atom stereocenters. The Balaban J connectivity index is 0.00000264. The SMILES string of the molecule is CCNC(=NCc1cc(C)cc(OC)c1)NCc1cccs1.I. The number of aryl methyl sites for hydroxylation is 1. The minimum absolute atomic E-state index is 0. The first-order valence-corrected chi connectivity index (χ1v) is 8.28. The van der Waals surface area contributed by atoms with Crippen LogP contribution in [0, 0.1) is 6.92 Å². The molecule has 0 spiro atoms. The van der Waals surface area contributed by atoms with Crippen molar-refractivity contribution in [3.05, 3.63) is 51.7 Å². The second-order valence-electron chi connectivity index (χ2n) is 4.99. The predicted molar refractivity (Wildman–Crippen MR) is 109 cm³/mol. The van der Waals surface area contributed by atoms with Crippen LogP contribution in [-0.2, 0) is 13.1 Å². The lowest BCUT2D eigenvalue weighted by atomic mass is 10.1. The fraction of sp³-hybridized carbons (Fsp3) is 0.353. The van der Waals surface area contributed by atoms with Crippen LogP contribution in [0.25, 0.3) is 0 Å². The summed E-state index contributed by atoms with van der Waals surface area (Å²) < 4.78 is 5.31. The molecule has 2 rings (SSSR count). The summed E-state index contributed by atoms with van der Waals surface area (Å²) in [6, 6.07) is 10.4. The molecule has 2 N–H and O–H groups in total. The number of methoxy groups -OCH3 is 1. The van der Waals surface area contributed by atoms with E-state index in [2.05, 4.69) is 53.1 Å². The van der Waals surface area contributed by atoms with Gasteiger partial charge in [-0.25, -0.2) is 4.99 Å². The Labute approximate surface area is 159 Å². The van der Waals surface area contributed by atoms with Crippen LogP contribution in [0.5, 0.6) is 5.75 Å². The van der Waals surface area contributed by atoms with Gasteiger partial charge < -0.3 is 15.4 Å². The number of nitrogens with zero attached hydrogens (tertiary/aromatic N) is 1. The van der Waals surface area contributed by atoms with Crippen molar-refractivity contribution in [1.29, 1.82) is 0 Å². The summed E-state index contributed by atoms with van der Waals surface area (Å²) in [5.74, 6) is 1.71. The average molecular weight is 445 g/mol. The van der Waals surface area contributed by atoms with E-state index in [0.717, 1.165) is 30.4 Å². The molecular weight excluding hydrogens is 421 g/mol. The highest BCUT2D eigenvalue weighted by Crippen LogP contribution is 2.17. The van der Waals surface area contributed by atoms with Crippen molar-refractivity contribution in [1.82, 2.24) is 10.6 Å². The predicted octanol–water partition coefficient (Wildman–Crippen LogP) is 3.94. The molecule has 0 fully saturated rings. The van der Waals surface area contributed by atoms with Crippen molar-refractivity contribution in [2.45, 2.75) is 26.9 Å². The van der Waals surface area contributed by atoms with Crippen LogP contribution < -0.4 is 15.4 Å². The van der Waals surface area contributed by atoms with Gasteiger partial charge in [0.05, 0.1) is 20.2 Å². The van der Waals surface area contributed by atoms with E-state index in [-0.39, 0.29) is 24.0 Å². The number of ether oxygens (including phenoxy) is 1. The minimum Gasteiger partial charge on any atom is -0.497 e. The Morgan fingerprint density at radius 3 is 2.74 bits per heavy atom. The van der Waals surface area contributed by atoms with Gasteiger partial charge in [-0.05, 0) is 48.6 Å².